The zero-order valence-electron chi connectivity index (χ0n) is 59.4. The first kappa shape index (κ1) is 84.8. The van der Waals surface area contributed by atoms with Gasteiger partial charge in [-0.25, -0.2) is 4.79 Å². The maximum Gasteiger partial charge on any atom is 0.326 e. The van der Waals surface area contributed by atoms with E-state index in [-0.39, 0.29) is 90.1 Å². The lowest BCUT2D eigenvalue weighted by atomic mass is 10.1. The van der Waals surface area contributed by atoms with Crippen molar-refractivity contribution in [1.29, 1.82) is 0 Å². The summed E-state index contributed by atoms with van der Waals surface area (Å²) in [6.07, 6.45) is 12.6. The van der Waals surface area contributed by atoms with E-state index in [9.17, 15) is 96.5 Å². The number of nitrogens with one attached hydrogen (secondary N) is 7. The lowest BCUT2D eigenvalue weighted by Crippen LogP contribution is -2.59. The molecule has 0 radical (unpaired) electrons. The van der Waals surface area contributed by atoms with Crippen LogP contribution in [-0.2, 0) is 76.5 Å². The Labute approximate surface area is 595 Å². The number of carbonyl (C=O) groups excluding carboxylic acids is 13. The number of unbranched alkanes of at least 4 members (excludes halogenated alkanes) is 11. The van der Waals surface area contributed by atoms with Gasteiger partial charge in [-0.15, -0.1) is 0 Å². The van der Waals surface area contributed by atoms with E-state index in [1.54, 1.807) is 0 Å². The Morgan fingerprint density at radius 2 is 0.863 bits per heavy atom. The Balaban J connectivity index is 1.15. The van der Waals surface area contributed by atoms with Crippen molar-refractivity contribution in [3.05, 3.63) is 0 Å². The summed E-state index contributed by atoms with van der Waals surface area (Å²) in [6.45, 7) is 5.18. The van der Waals surface area contributed by atoms with Gasteiger partial charge in [-0.2, -0.15) is 0 Å². The molecule has 0 aromatic heterocycles. The van der Waals surface area contributed by atoms with E-state index in [1.807, 2.05) is 0 Å². The second kappa shape index (κ2) is 42.7. The minimum atomic E-state index is -4.76. The van der Waals surface area contributed by atoms with Crippen LogP contribution in [0.15, 0.2) is 0 Å². The van der Waals surface area contributed by atoms with Crippen molar-refractivity contribution >= 4 is 96.3 Å². The number of aliphatic carboxylic acids is 2. The van der Waals surface area contributed by atoms with E-state index in [4.69, 9.17) is 11.5 Å². The van der Waals surface area contributed by atoms with Crippen molar-refractivity contribution in [2.75, 3.05) is 52.0 Å². The summed E-state index contributed by atoms with van der Waals surface area (Å²) in [7, 11) is -4.76. The topological polar surface area (TPSA) is 506 Å². The summed E-state index contributed by atoms with van der Waals surface area (Å²) in [6, 6.07) is -14.2. The van der Waals surface area contributed by atoms with Crippen molar-refractivity contribution < 1.29 is 96.5 Å². The molecule has 0 aromatic carbocycles. The first-order chi connectivity index (χ1) is 48.5. The minimum Gasteiger partial charge on any atom is -0.481 e. The van der Waals surface area contributed by atoms with Gasteiger partial charge in [-0.05, 0) is 130 Å². The zero-order chi connectivity index (χ0) is 75.2. The number of rotatable bonds is 44. The highest BCUT2D eigenvalue weighted by molar-refractivity contribution is 7.51. The fraction of sp³-hybridized carbons (Fsp3) is 0.776. The first-order valence-electron chi connectivity index (χ1n) is 36.6. The van der Waals surface area contributed by atoms with Crippen LogP contribution in [0, 0.1) is 0 Å². The highest BCUT2D eigenvalue weighted by atomic mass is 31.2. The molecule has 574 valence electrons. The molecule has 0 spiro atoms. The van der Waals surface area contributed by atoms with Gasteiger partial charge >= 0.3 is 19.5 Å². The summed E-state index contributed by atoms with van der Waals surface area (Å²) >= 11 is 0. The van der Waals surface area contributed by atoms with Crippen LogP contribution in [-0.4, -0.2) is 252 Å². The molecular weight excluding hydrogens is 1350 g/mol. The van der Waals surface area contributed by atoms with Gasteiger partial charge in [0.1, 0.15) is 66.5 Å². The number of amides is 13. The standard InChI is InChI=1S/C67H111N14O20P/c1-4-5-6-7-8-9-10-11-12-13-14-28-54(83)70-41-55(84)73-44(22-15-16-34-68)58(88)74-46(30-32-56(85)86)57(87)71-42(2)62(92)79-37-19-25-50(79)65(95)77-35-17-23-48(77)60(90)72-43(3)63(93)80-38-20-26-51(80)66(96)78-36-18-24-49(78)61(91)75-45(29-31-53(69)82)59(89)76-47(33-40-102(99,100)101)64(94)81-39-21-27-52(81)67(97)98/h42-52H,4-41,68H2,1-3H3,(H2,69,82)(H,70,83)(H,71,87)(H,72,90)(H,73,84)(H,74,88)(H,75,91)(H,76,89)(H,85,86)(H,97,98)(H2,99,100,101)/t42-,43-,44-,45-,46-,47-,48-,49-,50-,51-,52+/m0/s1. The van der Waals surface area contributed by atoms with Gasteiger partial charge in [0.25, 0.3) is 0 Å². The molecule has 35 heteroatoms. The first-order valence-corrected chi connectivity index (χ1v) is 38.4. The average Bonchev–Trinajstić information content (AvgIpc) is 1.63. The van der Waals surface area contributed by atoms with Crippen LogP contribution in [0.2, 0.25) is 0 Å². The van der Waals surface area contributed by atoms with Crippen LogP contribution in [0.5, 0.6) is 0 Å². The number of hydrogen-bond donors (Lipinski definition) is 13. The van der Waals surface area contributed by atoms with Gasteiger partial charge in [-0.1, -0.05) is 71.1 Å². The number of nitrogens with zero attached hydrogens (tertiary/aromatic N) is 5. The third kappa shape index (κ3) is 26.8. The van der Waals surface area contributed by atoms with Crippen LogP contribution in [0.4, 0.5) is 0 Å². The molecular formula is C67H111N14O20P. The molecule has 11 atom stereocenters. The summed E-state index contributed by atoms with van der Waals surface area (Å²) < 4.78 is 11.9. The number of carboxylic acids is 2. The summed E-state index contributed by atoms with van der Waals surface area (Å²) in [5.74, 6) is -12.2. The molecule has 5 rings (SSSR count). The minimum absolute atomic E-state index is 0.0164. The molecule has 0 bridgehead atoms. The third-order valence-electron chi connectivity index (χ3n) is 19.6. The maximum atomic E-state index is 14.5. The second-order valence-electron chi connectivity index (χ2n) is 27.5. The van der Waals surface area contributed by atoms with Crippen molar-refractivity contribution in [1.82, 2.24) is 61.7 Å². The van der Waals surface area contributed by atoms with Gasteiger partial charge in [0.05, 0.1) is 12.7 Å². The predicted molar refractivity (Wildman–Crippen MR) is 368 cm³/mol. The zero-order valence-corrected chi connectivity index (χ0v) is 60.3. The fourth-order valence-electron chi connectivity index (χ4n) is 14.0. The van der Waals surface area contributed by atoms with Gasteiger partial charge in [0.2, 0.25) is 76.8 Å². The van der Waals surface area contributed by atoms with Crippen molar-refractivity contribution in [2.45, 2.75) is 280 Å². The Morgan fingerprint density at radius 3 is 1.35 bits per heavy atom. The number of carboxylic acid groups (broad SMARTS) is 2. The molecule has 13 amide bonds. The monoisotopic (exact) mass is 1460 g/mol. The Hall–Kier alpha value is -7.84. The van der Waals surface area contributed by atoms with Gasteiger partial charge in [0, 0.05) is 52.0 Å². The van der Waals surface area contributed by atoms with Gasteiger partial charge in [0.15, 0.2) is 0 Å². The van der Waals surface area contributed by atoms with E-state index in [1.165, 1.54) is 72.0 Å². The number of primary amides is 1. The Kier molecular flexibility index (Phi) is 35.5. The highest BCUT2D eigenvalue weighted by Crippen LogP contribution is 2.36. The average molecular weight is 1460 g/mol. The van der Waals surface area contributed by atoms with E-state index >= 15 is 0 Å². The molecule has 0 aliphatic carbocycles. The second-order valence-corrected chi connectivity index (χ2v) is 29.3. The molecule has 102 heavy (non-hydrogen) atoms. The lowest BCUT2D eigenvalue weighted by Gasteiger charge is -2.34. The molecule has 34 nitrogen and oxygen atoms in total. The molecule has 0 unspecified atom stereocenters. The molecule has 15 N–H and O–H groups in total. The highest BCUT2D eigenvalue weighted by Gasteiger charge is 2.47. The number of hydrogen-bond acceptors (Lipinski definition) is 17. The molecule has 5 saturated heterocycles. The SMILES string of the molecule is CCCCCCCCCCCCCC(=O)NCC(=O)N[C@@H](CCCCN)C(=O)N[C@@H](CCC(=O)O)C(=O)N[C@@H](C)C(=O)N1CCC[C@H]1C(=O)N1CCC[C@H]1C(=O)N[C@@H](C)C(=O)N1CCC[C@H]1C(=O)N1CCC[C@H]1C(=O)N[C@@H](CCC(N)=O)C(=O)N[C@@H](CCP(=O)(O)O)C(=O)N1CCC[C@@H]1C(=O)O. The normalized spacial score (nSPS) is 20.7. The maximum absolute atomic E-state index is 14.5. The Morgan fingerprint density at radius 1 is 0.441 bits per heavy atom. The van der Waals surface area contributed by atoms with Crippen molar-refractivity contribution in [3.63, 3.8) is 0 Å². The van der Waals surface area contributed by atoms with E-state index in [0.29, 0.717) is 51.4 Å². The molecule has 5 fully saturated rings. The smallest absolute Gasteiger partial charge is 0.326 e. The molecule has 5 aliphatic rings. The van der Waals surface area contributed by atoms with Crippen molar-refractivity contribution in [2.24, 2.45) is 11.5 Å². The molecule has 5 aliphatic heterocycles. The van der Waals surface area contributed by atoms with E-state index < -0.39 is 202 Å². The van der Waals surface area contributed by atoms with Crippen LogP contribution in [0.3, 0.4) is 0 Å². The molecule has 5 heterocycles. The quantitative estimate of drug-likeness (QED) is 0.0273. The third-order valence-corrected chi connectivity index (χ3v) is 20.4. The number of carbonyl (C=O) groups is 15. The number of likely N-dealkylation sites (tertiary alicyclic amines) is 5. The lowest BCUT2D eigenvalue weighted by molar-refractivity contribution is -0.149. The van der Waals surface area contributed by atoms with Crippen molar-refractivity contribution in [3.8, 4) is 0 Å². The number of nitrogens with two attached hydrogens (primary N) is 2. The largest absolute Gasteiger partial charge is 0.481 e. The molecule has 0 aromatic rings. The Bertz CT molecular complexity index is 2990. The van der Waals surface area contributed by atoms with Crippen LogP contribution < -0.4 is 48.7 Å². The van der Waals surface area contributed by atoms with Gasteiger partial charge in [-0.3, -0.25) is 71.7 Å². The summed E-state index contributed by atoms with van der Waals surface area (Å²) in [5, 5.41) is 37.2. The van der Waals surface area contributed by atoms with Gasteiger partial charge < -0.3 is 93.2 Å². The summed E-state index contributed by atoms with van der Waals surface area (Å²) in [4.78, 5) is 228. The van der Waals surface area contributed by atoms with Crippen LogP contribution >= 0.6 is 7.60 Å². The van der Waals surface area contributed by atoms with Crippen LogP contribution in [0.25, 0.3) is 0 Å². The molecule has 0 saturated carbocycles. The van der Waals surface area contributed by atoms with Crippen LogP contribution in [0.1, 0.15) is 213 Å². The predicted octanol–water partition coefficient (Wildman–Crippen LogP) is -0.381. The fourth-order valence-corrected chi connectivity index (χ4v) is 14.6. The summed E-state index contributed by atoms with van der Waals surface area (Å²) in [5.41, 5.74) is 11.1. The van der Waals surface area contributed by atoms with E-state index in [0.717, 1.165) is 30.6 Å². The van der Waals surface area contributed by atoms with E-state index in [2.05, 4.69) is 44.1 Å².